The average Bonchev–Trinajstić information content (AvgIpc) is 2.76. The third-order valence-electron chi connectivity index (χ3n) is 5.00. The molecule has 1 atom stereocenters. The van der Waals surface area contributed by atoms with Gasteiger partial charge in [-0.25, -0.2) is 26.4 Å². The molecule has 1 aliphatic rings. The first-order chi connectivity index (χ1) is 16.9. The summed E-state index contributed by atoms with van der Waals surface area (Å²) in [5, 5.41) is 2.46. The van der Waals surface area contributed by atoms with Crippen molar-refractivity contribution in [2.75, 3.05) is 29.0 Å². The third kappa shape index (κ3) is 7.05. The second-order valence-electron chi connectivity index (χ2n) is 9.10. The minimum atomic E-state index is -4.79. The maximum Gasteiger partial charge on any atom is 0.416 e. The van der Waals surface area contributed by atoms with Crippen molar-refractivity contribution in [2.45, 2.75) is 43.5 Å². The molecule has 0 fully saturated rings. The number of sulfonamides is 2. The number of nitrogens with zero attached hydrogens (tertiary/aromatic N) is 1. The Morgan fingerprint density at radius 2 is 1.78 bits per heavy atom. The molecule has 0 aromatic heterocycles. The molecule has 1 unspecified atom stereocenters. The summed E-state index contributed by atoms with van der Waals surface area (Å²) in [5.41, 5.74) is -1.98. The molecule has 204 valence electrons. The highest BCUT2D eigenvalue weighted by Gasteiger charge is 2.38. The van der Waals surface area contributed by atoms with Gasteiger partial charge >= 0.3 is 12.3 Å². The molecular weight excluding hydrogens is 539 g/mol. The predicted molar refractivity (Wildman–Crippen MR) is 130 cm³/mol. The Bertz CT molecular complexity index is 1390. The van der Waals surface area contributed by atoms with Crippen LogP contribution in [0.2, 0.25) is 0 Å². The van der Waals surface area contributed by atoms with Gasteiger partial charge in [0.25, 0.3) is 10.0 Å². The van der Waals surface area contributed by atoms with E-state index in [-0.39, 0.29) is 17.1 Å². The average molecular weight is 566 g/mol. The van der Waals surface area contributed by atoms with Gasteiger partial charge in [0.05, 0.1) is 22.7 Å². The fraction of sp³-hybridized carbons (Fsp3) is 0.409. The lowest BCUT2D eigenvalue weighted by Crippen LogP contribution is -2.47. The van der Waals surface area contributed by atoms with Crippen molar-refractivity contribution in [3.05, 3.63) is 48.0 Å². The molecule has 37 heavy (non-hydrogen) atoms. The molecule has 1 heterocycles. The number of ether oxygens (including phenoxy) is 2. The van der Waals surface area contributed by atoms with E-state index in [9.17, 15) is 34.8 Å². The van der Waals surface area contributed by atoms with Crippen LogP contribution in [0.3, 0.4) is 0 Å². The zero-order chi connectivity index (χ0) is 27.8. The summed E-state index contributed by atoms with van der Waals surface area (Å²) in [5.74, 6) is -0.664. The SMILES string of the molecule is CNS(=O)(=O)CC1CN(S(=O)(=O)c2cccc(C(F)(F)F)c2)c2cc(NC(=O)OC(C)(C)C)ccc2O1. The second-order valence-corrected chi connectivity index (χ2v) is 12.9. The van der Waals surface area contributed by atoms with Crippen LogP contribution in [0.1, 0.15) is 26.3 Å². The van der Waals surface area contributed by atoms with Gasteiger partial charge in [-0.05, 0) is 64.2 Å². The normalized spacial score (nSPS) is 16.5. The summed E-state index contributed by atoms with van der Waals surface area (Å²) >= 11 is 0. The van der Waals surface area contributed by atoms with Gasteiger partial charge in [-0.1, -0.05) is 6.07 Å². The van der Waals surface area contributed by atoms with Crippen LogP contribution in [0.25, 0.3) is 0 Å². The first kappa shape index (κ1) is 28.5. The van der Waals surface area contributed by atoms with E-state index in [0.717, 1.165) is 22.5 Å². The van der Waals surface area contributed by atoms with Gasteiger partial charge in [0, 0.05) is 5.69 Å². The molecule has 10 nitrogen and oxygen atoms in total. The van der Waals surface area contributed by atoms with E-state index < -0.39 is 66.8 Å². The molecule has 3 rings (SSSR count). The maximum atomic E-state index is 13.6. The Labute approximate surface area is 212 Å². The first-order valence-electron chi connectivity index (χ1n) is 10.8. The topological polar surface area (TPSA) is 131 Å². The number of fused-ring (bicyclic) bond motifs is 1. The van der Waals surface area contributed by atoms with Gasteiger partial charge in [0.2, 0.25) is 10.0 Å². The number of hydrogen-bond acceptors (Lipinski definition) is 7. The van der Waals surface area contributed by atoms with Crippen molar-refractivity contribution in [1.29, 1.82) is 0 Å². The van der Waals surface area contributed by atoms with Crippen LogP contribution >= 0.6 is 0 Å². The van der Waals surface area contributed by atoms with Crippen LogP contribution in [0, 0.1) is 0 Å². The van der Waals surface area contributed by atoms with E-state index in [4.69, 9.17) is 9.47 Å². The van der Waals surface area contributed by atoms with Crippen LogP contribution in [0.4, 0.5) is 29.3 Å². The molecule has 0 bridgehead atoms. The standard InChI is InChI=1S/C22H26F3N3O7S2/c1-21(2,3)35-20(29)27-15-8-9-19-18(11-15)28(12-16(34-19)13-36(30,31)26-4)37(32,33)17-7-5-6-14(10-17)22(23,24)25/h5-11,16,26H,12-13H2,1-4H3,(H,27,29). The first-order valence-corrected chi connectivity index (χ1v) is 13.9. The fourth-order valence-electron chi connectivity index (χ4n) is 3.41. The molecule has 0 radical (unpaired) electrons. The largest absolute Gasteiger partial charge is 0.485 e. The van der Waals surface area contributed by atoms with Crippen LogP contribution in [-0.4, -0.2) is 54.0 Å². The number of anilines is 2. The van der Waals surface area contributed by atoms with E-state index in [2.05, 4.69) is 10.0 Å². The second kappa shape index (κ2) is 10.0. The van der Waals surface area contributed by atoms with Gasteiger partial charge in [0.15, 0.2) is 0 Å². The molecule has 1 aliphatic heterocycles. The van der Waals surface area contributed by atoms with Crippen molar-refractivity contribution in [3.8, 4) is 5.75 Å². The molecule has 0 saturated heterocycles. The lowest BCUT2D eigenvalue weighted by atomic mass is 10.2. The lowest BCUT2D eigenvalue weighted by Gasteiger charge is -2.35. The number of rotatable bonds is 6. The van der Waals surface area contributed by atoms with Crippen LogP contribution < -0.4 is 19.1 Å². The monoisotopic (exact) mass is 565 g/mol. The van der Waals surface area contributed by atoms with Crippen molar-refractivity contribution in [2.24, 2.45) is 0 Å². The summed E-state index contributed by atoms with van der Waals surface area (Å²) in [6.07, 6.45) is -6.80. The van der Waals surface area contributed by atoms with E-state index in [1.807, 2.05) is 0 Å². The summed E-state index contributed by atoms with van der Waals surface area (Å²) in [6, 6.07) is 7.13. The molecule has 2 N–H and O–H groups in total. The quantitative estimate of drug-likeness (QED) is 0.548. The van der Waals surface area contributed by atoms with Crippen LogP contribution in [-0.2, 0) is 31.0 Å². The van der Waals surface area contributed by atoms with Crippen LogP contribution in [0.15, 0.2) is 47.4 Å². The zero-order valence-corrected chi connectivity index (χ0v) is 21.9. The highest BCUT2D eigenvalue weighted by Crippen LogP contribution is 2.40. The number of carbonyl (C=O) groups excluding carboxylic acids is 1. The molecule has 0 aliphatic carbocycles. The maximum absolute atomic E-state index is 13.6. The van der Waals surface area contributed by atoms with Gasteiger partial charge in [0.1, 0.15) is 23.2 Å². The molecule has 2 aromatic rings. The third-order valence-corrected chi connectivity index (χ3v) is 8.21. The lowest BCUT2D eigenvalue weighted by molar-refractivity contribution is -0.137. The van der Waals surface area contributed by atoms with Crippen LogP contribution in [0.5, 0.6) is 5.75 Å². The molecule has 1 amide bonds. The van der Waals surface area contributed by atoms with Gasteiger partial charge < -0.3 is 9.47 Å². The van der Waals surface area contributed by atoms with Crippen molar-refractivity contribution in [1.82, 2.24) is 4.72 Å². The van der Waals surface area contributed by atoms with E-state index >= 15 is 0 Å². The van der Waals surface area contributed by atoms with Gasteiger partial charge in [-0.2, -0.15) is 13.2 Å². The number of hydrogen-bond donors (Lipinski definition) is 2. The molecule has 0 saturated carbocycles. The Balaban J connectivity index is 2.07. The molecule has 15 heteroatoms. The minimum absolute atomic E-state index is 0.0483. The smallest absolute Gasteiger partial charge is 0.416 e. The summed E-state index contributed by atoms with van der Waals surface area (Å²) in [7, 11) is -7.30. The number of nitrogens with one attached hydrogen (secondary N) is 2. The number of carbonyl (C=O) groups is 1. The molecular formula is C22H26F3N3O7S2. The Kier molecular flexibility index (Phi) is 7.73. The fourth-order valence-corrected chi connectivity index (χ4v) is 5.79. The Morgan fingerprint density at radius 1 is 1.11 bits per heavy atom. The van der Waals surface area contributed by atoms with Gasteiger partial charge in [-0.3, -0.25) is 9.62 Å². The number of benzene rings is 2. The Morgan fingerprint density at radius 3 is 2.38 bits per heavy atom. The minimum Gasteiger partial charge on any atom is -0.485 e. The van der Waals surface area contributed by atoms with Gasteiger partial charge in [-0.15, -0.1) is 0 Å². The number of alkyl halides is 3. The van der Waals surface area contributed by atoms with E-state index in [1.165, 1.54) is 25.2 Å². The molecule has 2 aromatic carbocycles. The van der Waals surface area contributed by atoms with Crippen molar-refractivity contribution >= 4 is 37.5 Å². The van der Waals surface area contributed by atoms with Crippen molar-refractivity contribution in [3.63, 3.8) is 0 Å². The summed E-state index contributed by atoms with van der Waals surface area (Å²) < 4.78 is 105. The highest BCUT2D eigenvalue weighted by atomic mass is 32.2. The highest BCUT2D eigenvalue weighted by molar-refractivity contribution is 7.93. The zero-order valence-electron chi connectivity index (χ0n) is 20.3. The molecule has 0 spiro atoms. The van der Waals surface area contributed by atoms with E-state index in [1.54, 1.807) is 20.8 Å². The van der Waals surface area contributed by atoms with Crippen molar-refractivity contribution < 1.29 is 44.3 Å². The predicted octanol–water partition coefficient (Wildman–Crippen LogP) is 3.56. The van der Waals surface area contributed by atoms with E-state index in [0.29, 0.717) is 6.07 Å². The summed E-state index contributed by atoms with van der Waals surface area (Å²) in [4.78, 5) is 11.5. The number of amides is 1. The Hall–Kier alpha value is -3.04. The summed E-state index contributed by atoms with van der Waals surface area (Å²) in [6.45, 7) is 4.42. The number of halogens is 3.